The number of carbonyl (C=O) groups is 4. The normalized spacial score (nSPS) is 24.3. The molecule has 6 rings (SSSR count). The summed E-state index contributed by atoms with van der Waals surface area (Å²) in [5.74, 6) is -0.439. The van der Waals surface area contributed by atoms with Gasteiger partial charge in [-0.1, -0.05) is 58.4 Å². The molecule has 1 saturated heterocycles. The number of benzene rings is 1. The first-order valence-electron chi connectivity index (χ1n) is 18.3. The van der Waals surface area contributed by atoms with Gasteiger partial charge in [-0.3, -0.25) is 19.1 Å². The van der Waals surface area contributed by atoms with Crippen molar-refractivity contribution < 1.29 is 24.3 Å². The average molecular weight is 676 g/mol. The molecule has 2 aromatic rings. The lowest BCUT2D eigenvalue weighted by Gasteiger charge is -2.39. The Balaban J connectivity index is 1.23. The van der Waals surface area contributed by atoms with Crippen molar-refractivity contribution in [2.45, 2.75) is 115 Å². The van der Waals surface area contributed by atoms with Crippen LogP contribution in [0.3, 0.4) is 0 Å². The summed E-state index contributed by atoms with van der Waals surface area (Å²) in [5, 5.41) is 26.8. The van der Waals surface area contributed by atoms with E-state index < -0.39 is 11.6 Å². The monoisotopic (exact) mass is 675 g/mol. The first-order chi connectivity index (χ1) is 23.6. The molecule has 1 aromatic carbocycles. The zero-order valence-corrected chi connectivity index (χ0v) is 29.2. The van der Waals surface area contributed by atoms with Gasteiger partial charge < -0.3 is 31.3 Å². The second-order valence-electron chi connectivity index (χ2n) is 15.1. The van der Waals surface area contributed by atoms with Crippen LogP contribution in [-0.4, -0.2) is 80.4 Å². The first-order valence-corrected chi connectivity index (χ1v) is 18.3. The van der Waals surface area contributed by atoms with Gasteiger partial charge in [0.05, 0.1) is 18.7 Å². The highest BCUT2D eigenvalue weighted by molar-refractivity contribution is 6.01. The number of aliphatic hydroxyl groups is 1. The van der Waals surface area contributed by atoms with E-state index in [0.29, 0.717) is 30.8 Å². The molecule has 12 nitrogen and oxygen atoms in total. The Morgan fingerprint density at radius 2 is 1.63 bits per heavy atom. The van der Waals surface area contributed by atoms with E-state index in [4.69, 9.17) is 0 Å². The number of hydrogen-bond donors (Lipinski definition) is 5. The standard InChI is InChI=1S/C37H53N7O5/c1-23(2)29-21-44(36(49)41-29)37(35(48)40-30(22-45)24-10-6-4-7-11-24)19-26-14-15-28(18-27(26)20-37)39-34(47)32(25-12-8-5-9-13-25)42-33(46)31-16-17-38-43(31)3/h14-18,23-25,29-30,32,45H,4-13,19-22H2,1-3H3,(H,39,47)(H,40,48)(H,41,49)(H,42,46)/t29-,30+,32-,37?/m0/s1. The number of rotatable bonds is 11. The Hall–Kier alpha value is -3.93. The minimum atomic E-state index is -1.16. The number of nitrogens with zero attached hydrogens (tertiary/aromatic N) is 3. The predicted molar refractivity (Wildman–Crippen MR) is 186 cm³/mol. The maximum atomic E-state index is 14.4. The number of nitrogens with one attached hydrogen (secondary N) is 4. The third kappa shape index (κ3) is 7.34. The molecule has 12 heteroatoms. The Bertz CT molecular complexity index is 1530. The lowest BCUT2D eigenvalue weighted by atomic mass is 9.83. The van der Waals surface area contributed by atoms with E-state index in [-0.39, 0.29) is 60.2 Å². The molecule has 0 spiro atoms. The summed E-state index contributed by atoms with van der Waals surface area (Å²) >= 11 is 0. The van der Waals surface area contributed by atoms with Crippen LogP contribution in [0.2, 0.25) is 0 Å². The minimum Gasteiger partial charge on any atom is -0.394 e. The van der Waals surface area contributed by atoms with Crippen LogP contribution in [-0.2, 0) is 29.5 Å². The minimum absolute atomic E-state index is 0.0166. The molecule has 266 valence electrons. The highest BCUT2D eigenvalue weighted by Gasteiger charge is 2.54. The summed E-state index contributed by atoms with van der Waals surface area (Å²) < 4.78 is 1.50. The molecule has 2 saturated carbocycles. The van der Waals surface area contributed by atoms with Crippen LogP contribution in [0.4, 0.5) is 10.5 Å². The second-order valence-corrected chi connectivity index (χ2v) is 15.1. The molecule has 3 fully saturated rings. The van der Waals surface area contributed by atoms with Crippen LogP contribution < -0.4 is 21.3 Å². The van der Waals surface area contributed by atoms with Gasteiger partial charge in [0.1, 0.15) is 17.3 Å². The average Bonchev–Trinajstić information content (AvgIpc) is 3.83. The van der Waals surface area contributed by atoms with Crippen molar-refractivity contribution >= 4 is 29.4 Å². The Kier molecular flexibility index (Phi) is 10.6. The topological polar surface area (TPSA) is 158 Å². The van der Waals surface area contributed by atoms with Crippen molar-refractivity contribution in [1.29, 1.82) is 0 Å². The highest BCUT2D eigenvalue weighted by atomic mass is 16.3. The van der Waals surface area contributed by atoms with Crippen LogP contribution in [0.5, 0.6) is 0 Å². The van der Waals surface area contributed by atoms with Gasteiger partial charge in [0.15, 0.2) is 0 Å². The third-order valence-electron chi connectivity index (χ3n) is 11.6. The van der Waals surface area contributed by atoms with E-state index in [0.717, 1.165) is 68.9 Å². The summed E-state index contributed by atoms with van der Waals surface area (Å²) in [6.45, 7) is 4.39. The van der Waals surface area contributed by atoms with Crippen molar-refractivity contribution in [2.75, 3.05) is 18.5 Å². The van der Waals surface area contributed by atoms with Gasteiger partial charge in [-0.05, 0) is 72.8 Å². The summed E-state index contributed by atoms with van der Waals surface area (Å²) in [4.78, 5) is 56.8. The smallest absolute Gasteiger partial charge is 0.318 e. The number of aliphatic hydroxyl groups excluding tert-OH is 1. The summed E-state index contributed by atoms with van der Waals surface area (Å²) in [6.07, 6.45) is 12.3. The van der Waals surface area contributed by atoms with Gasteiger partial charge in [-0.15, -0.1) is 0 Å². The number of urea groups is 1. The molecular weight excluding hydrogens is 622 g/mol. The SMILES string of the molecule is CC(C)[C@@H]1CN(C2(C(=O)N[C@H](CO)C3CCCCC3)Cc3ccc(NC(=O)[C@@H](NC(=O)c4ccnn4C)C4CCCCC4)cc3C2)C(=O)N1. The third-order valence-corrected chi connectivity index (χ3v) is 11.6. The molecule has 0 radical (unpaired) electrons. The quantitative estimate of drug-likeness (QED) is 0.245. The summed E-state index contributed by atoms with van der Waals surface area (Å²) in [7, 11) is 1.70. The number of amides is 5. The molecule has 1 aliphatic heterocycles. The lowest BCUT2D eigenvalue weighted by Crippen LogP contribution is -2.63. The number of aromatic nitrogens is 2. The second kappa shape index (κ2) is 14.9. The van der Waals surface area contributed by atoms with E-state index in [1.165, 1.54) is 11.1 Å². The Morgan fingerprint density at radius 3 is 2.24 bits per heavy atom. The molecule has 4 aliphatic rings. The molecule has 0 bridgehead atoms. The molecule has 1 aromatic heterocycles. The molecule has 1 unspecified atom stereocenters. The van der Waals surface area contributed by atoms with Crippen molar-refractivity contribution in [1.82, 2.24) is 30.6 Å². The number of hydrogen-bond acceptors (Lipinski definition) is 6. The van der Waals surface area contributed by atoms with E-state index >= 15 is 0 Å². The summed E-state index contributed by atoms with van der Waals surface area (Å²) in [6, 6.07) is 5.89. The number of anilines is 1. The fourth-order valence-corrected chi connectivity index (χ4v) is 8.56. The van der Waals surface area contributed by atoms with Gasteiger partial charge in [0, 0.05) is 38.3 Å². The van der Waals surface area contributed by atoms with Gasteiger partial charge >= 0.3 is 6.03 Å². The van der Waals surface area contributed by atoms with Gasteiger partial charge in [0.25, 0.3) is 5.91 Å². The first kappa shape index (κ1) is 34.9. The van der Waals surface area contributed by atoms with Gasteiger partial charge in [0.2, 0.25) is 11.8 Å². The Labute approximate surface area is 289 Å². The van der Waals surface area contributed by atoms with Crippen LogP contribution in [0, 0.1) is 17.8 Å². The number of fused-ring (bicyclic) bond motifs is 1. The van der Waals surface area contributed by atoms with Crippen molar-refractivity contribution in [3.63, 3.8) is 0 Å². The largest absolute Gasteiger partial charge is 0.394 e. The molecule has 5 amide bonds. The molecule has 49 heavy (non-hydrogen) atoms. The lowest BCUT2D eigenvalue weighted by molar-refractivity contribution is -0.133. The molecule has 5 N–H and O–H groups in total. The van der Waals surface area contributed by atoms with E-state index in [2.05, 4.69) is 40.2 Å². The van der Waals surface area contributed by atoms with E-state index in [1.807, 2.05) is 18.2 Å². The van der Waals surface area contributed by atoms with Crippen LogP contribution in [0.15, 0.2) is 30.5 Å². The van der Waals surface area contributed by atoms with Crippen LogP contribution in [0.1, 0.15) is 99.7 Å². The van der Waals surface area contributed by atoms with E-state index in [1.54, 1.807) is 24.2 Å². The van der Waals surface area contributed by atoms with Crippen LogP contribution >= 0.6 is 0 Å². The summed E-state index contributed by atoms with van der Waals surface area (Å²) in [5.41, 5.74) is 1.64. The van der Waals surface area contributed by atoms with Crippen molar-refractivity contribution in [2.24, 2.45) is 24.8 Å². The molecule has 3 aliphatic carbocycles. The molecule has 2 heterocycles. The zero-order chi connectivity index (χ0) is 34.7. The van der Waals surface area contributed by atoms with Crippen molar-refractivity contribution in [3.8, 4) is 0 Å². The number of aryl methyl sites for hydroxylation is 1. The molecular formula is C37H53N7O5. The molecule has 4 atom stereocenters. The van der Waals surface area contributed by atoms with Gasteiger partial charge in [-0.25, -0.2) is 4.79 Å². The van der Waals surface area contributed by atoms with E-state index in [9.17, 15) is 24.3 Å². The maximum Gasteiger partial charge on any atom is 0.318 e. The van der Waals surface area contributed by atoms with Crippen LogP contribution in [0.25, 0.3) is 0 Å². The highest BCUT2D eigenvalue weighted by Crippen LogP contribution is 2.39. The predicted octanol–water partition coefficient (Wildman–Crippen LogP) is 3.68. The zero-order valence-electron chi connectivity index (χ0n) is 29.2. The maximum absolute atomic E-state index is 14.4. The fraction of sp³-hybridized carbons (Fsp3) is 0.649. The fourth-order valence-electron chi connectivity index (χ4n) is 8.56. The number of carbonyl (C=O) groups excluding carboxylic acids is 4. The van der Waals surface area contributed by atoms with Crippen molar-refractivity contribution in [3.05, 3.63) is 47.3 Å². The Morgan fingerprint density at radius 1 is 0.959 bits per heavy atom. The van der Waals surface area contributed by atoms with Gasteiger partial charge in [-0.2, -0.15) is 5.10 Å².